The summed E-state index contributed by atoms with van der Waals surface area (Å²) in [5.74, 6) is -1.02. The number of hydrogen-bond donors (Lipinski definition) is 1. The number of rotatable bonds is 2. The van der Waals surface area contributed by atoms with Crippen LogP contribution in [-0.4, -0.2) is 10.9 Å². The first kappa shape index (κ1) is 10.8. The van der Waals surface area contributed by atoms with E-state index in [1.165, 1.54) is 12.1 Å². The molecule has 0 radical (unpaired) electrons. The minimum atomic E-state index is -0.627. The maximum absolute atomic E-state index is 13.6. The second kappa shape index (κ2) is 4.43. The minimum Gasteiger partial charge on any atom is -0.364 e. The number of pyridine rings is 1. The molecule has 2 N–H and O–H groups in total. The zero-order chi connectivity index (χ0) is 11.5. The molecule has 1 heterocycles. The highest BCUT2D eigenvalue weighted by molar-refractivity contribution is 5.91. The molecule has 0 bridgehead atoms. The number of primary amides is 1. The molecule has 2 rings (SSSR count). The summed E-state index contributed by atoms with van der Waals surface area (Å²) in [5.41, 5.74) is 6.39. The Kier molecular flexibility index (Phi) is 2.99. The monoisotopic (exact) mass is 220 g/mol. The van der Waals surface area contributed by atoms with Gasteiger partial charge in [0.05, 0.1) is 0 Å². The lowest BCUT2D eigenvalue weighted by Crippen LogP contribution is -2.14. The number of halogens is 1. The Hall–Kier alpha value is -1.71. The molecule has 0 fully saturated rings. The van der Waals surface area contributed by atoms with Crippen LogP contribution in [0, 0.1) is 5.82 Å². The standard InChI is InChI=1S/C12H13FN2O/c13-9-6-7-10(12(14)16)15-11(9)8-4-2-1-3-5-8/h4,6-7H,1-3,5H2,(H2,14,16). The Morgan fingerprint density at radius 3 is 2.81 bits per heavy atom. The minimum absolute atomic E-state index is 0.114. The first-order chi connectivity index (χ1) is 7.68. The van der Waals surface area contributed by atoms with E-state index in [9.17, 15) is 9.18 Å². The predicted molar refractivity (Wildman–Crippen MR) is 59.2 cm³/mol. The lowest BCUT2D eigenvalue weighted by molar-refractivity contribution is 0.0995. The Morgan fingerprint density at radius 2 is 2.19 bits per heavy atom. The quantitative estimate of drug-likeness (QED) is 0.831. The third-order valence-electron chi connectivity index (χ3n) is 2.69. The van der Waals surface area contributed by atoms with Crippen LogP contribution < -0.4 is 5.73 Å². The Labute approximate surface area is 93.2 Å². The molecule has 0 atom stereocenters. The van der Waals surface area contributed by atoms with Crippen LogP contribution in [0.4, 0.5) is 4.39 Å². The van der Waals surface area contributed by atoms with Crippen LogP contribution in [0.5, 0.6) is 0 Å². The molecule has 1 aliphatic carbocycles. The lowest BCUT2D eigenvalue weighted by Gasteiger charge is -2.13. The van der Waals surface area contributed by atoms with Crippen molar-refractivity contribution in [3.63, 3.8) is 0 Å². The average molecular weight is 220 g/mol. The number of amides is 1. The van der Waals surface area contributed by atoms with Gasteiger partial charge in [0.2, 0.25) is 0 Å². The summed E-state index contributed by atoms with van der Waals surface area (Å²) < 4.78 is 13.6. The van der Waals surface area contributed by atoms with E-state index in [0.29, 0.717) is 0 Å². The first-order valence-corrected chi connectivity index (χ1v) is 5.34. The van der Waals surface area contributed by atoms with Crippen molar-refractivity contribution in [2.75, 3.05) is 0 Å². The van der Waals surface area contributed by atoms with Gasteiger partial charge in [0, 0.05) is 0 Å². The van der Waals surface area contributed by atoms with E-state index in [-0.39, 0.29) is 11.4 Å². The largest absolute Gasteiger partial charge is 0.364 e. The molecule has 0 spiro atoms. The number of carbonyl (C=O) groups is 1. The zero-order valence-corrected chi connectivity index (χ0v) is 8.87. The highest BCUT2D eigenvalue weighted by Gasteiger charge is 2.14. The Balaban J connectivity index is 2.42. The van der Waals surface area contributed by atoms with Gasteiger partial charge in [-0.2, -0.15) is 0 Å². The number of nitrogens with two attached hydrogens (primary N) is 1. The number of aromatic nitrogens is 1. The smallest absolute Gasteiger partial charge is 0.267 e. The molecule has 0 aliphatic heterocycles. The van der Waals surface area contributed by atoms with Gasteiger partial charge >= 0.3 is 0 Å². The zero-order valence-electron chi connectivity index (χ0n) is 8.87. The normalized spacial score (nSPS) is 15.7. The summed E-state index contributed by atoms with van der Waals surface area (Å²) in [7, 11) is 0. The maximum atomic E-state index is 13.6. The summed E-state index contributed by atoms with van der Waals surface area (Å²) in [6, 6.07) is 2.56. The topological polar surface area (TPSA) is 56.0 Å². The molecular weight excluding hydrogens is 207 g/mol. The van der Waals surface area contributed by atoms with E-state index in [4.69, 9.17) is 5.73 Å². The van der Waals surface area contributed by atoms with Crippen molar-refractivity contribution in [3.8, 4) is 0 Å². The van der Waals surface area contributed by atoms with Gasteiger partial charge in [0.15, 0.2) is 0 Å². The summed E-state index contributed by atoms with van der Waals surface area (Å²) in [6.07, 6.45) is 5.90. The van der Waals surface area contributed by atoms with Gasteiger partial charge in [-0.1, -0.05) is 6.08 Å². The molecule has 0 aromatic carbocycles. The number of carbonyl (C=O) groups excluding carboxylic acids is 1. The van der Waals surface area contributed by atoms with Gasteiger partial charge in [-0.05, 0) is 43.4 Å². The van der Waals surface area contributed by atoms with Crippen molar-refractivity contribution in [2.24, 2.45) is 5.73 Å². The molecule has 0 saturated carbocycles. The van der Waals surface area contributed by atoms with E-state index in [2.05, 4.69) is 4.98 Å². The molecule has 1 amide bonds. The van der Waals surface area contributed by atoms with Crippen molar-refractivity contribution >= 4 is 11.5 Å². The van der Waals surface area contributed by atoms with Crippen molar-refractivity contribution in [1.29, 1.82) is 0 Å². The van der Waals surface area contributed by atoms with Gasteiger partial charge in [0.25, 0.3) is 5.91 Å². The Morgan fingerprint density at radius 1 is 1.38 bits per heavy atom. The number of allylic oxidation sites excluding steroid dienone is 2. The SMILES string of the molecule is NC(=O)c1ccc(F)c(C2=CCCCC2)n1. The molecule has 3 nitrogen and oxygen atoms in total. The molecule has 0 unspecified atom stereocenters. The van der Waals surface area contributed by atoms with Crippen molar-refractivity contribution in [3.05, 3.63) is 35.4 Å². The van der Waals surface area contributed by atoms with Gasteiger partial charge in [0.1, 0.15) is 17.2 Å². The summed E-state index contributed by atoms with van der Waals surface area (Å²) in [5, 5.41) is 0. The highest BCUT2D eigenvalue weighted by atomic mass is 19.1. The lowest BCUT2D eigenvalue weighted by atomic mass is 9.96. The molecule has 1 aliphatic rings. The Bertz CT molecular complexity index is 454. The van der Waals surface area contributed by atoms with Crippen LogP contribution in [0.15, 0.2) is 18.2 Å². The molecule has 0 saturated heterocycles. The third kappa shape index (κ3) is 2.10. The average Bonchev–Trinajstić information content (AvgIpc) is 2.30. The fraction of sp³-hybridized carbons (Fsp3) is 0.333. The van der Waals surface area contributed by atoms with E-state index in [1.54, 1.807) is 0 Å². The van der Waals surface area contributed by atoms with E-state index >= 15 is 0 Å². The number of hydrogen-bond acceptors (Lipinski definition) is 2. The molecule has 84 valence electrons. The van der Waals surface area contributed by atoms with Gasteiger partial charge in [-0.15, -0.1) is 0 Å². The summed E-state index contributed by atoms with van der Waals surface area (Å²) in [4.78, 5) is 14.9. The van der Waals surface area contributed by atoms with Crippen LogP contribution in [0.3, 0.4) is 0 Å². The van der Waals surface area contributed by atoms with E-state index < -0.39 is 11.7 Å². The van der Waals surface area contributed by atoms with Crippen LogP contribution in [0.25, 0.3) is 5.57 Å². The second-order valence-electron chi connectivity index (χ2n) is 3.87. The molecular formula is C12H13FN2O. The summed E-state index contributed by atoms with van der Waals surface area (Å²) in [6.45, 7) is 0. The van der Waals surface area contributed by atoms with Crippen LogP contribution in [-0.2, 0) is 0 Å². The fourth-order valence-electron chi connectivity index (χ4n) is 1.86. The predicted octanol–water partition coefficient (Wildman–Crippen LogP) is 2.28. The maximum Gasteiger partial charge on any atom is 0.267 e. The van der Waals surface area contributed by atoms with Crippen molar-refractivity contribution < 1.29 is 9.18 Å². The van der Waals surface area contributed by atoms with E-state index in [0.717, 1.165) is 31.3 Å². The molecule has 1 aromatic rings. The fourth-order valence-corrected chi connectivity index (χ4v) is 1.86. The highest BCUT2D eigenvalue weighted by Crippen LogP contribution is 2.27. The second-order valence-corrected chi connectivity index (χ2v) is 3.87. The first-order valence-electron chi connectivity index (χ1n) is 5.34. The molecule has 4 heteroatoms. The van der Waals surface area contributed by atoms with Gasteiger partial charge in [-0.25, -0.2) is 9.37 Å². The van der Waals surface area contributed by atoms with Crippen LogP contribution >= 0.6 is 0 Å². The summed E-state index contributed by atoms with van der Waals surface area (Å²) >= 11 is 0. The van der Waals surface area contributed by atoms with Crippen molar-refractivity contribution in [2.45, 2.75) is 25.7 Å². The molecule has 1 aromatic heterocycles. The molecule has 16 heavy (non-hydrogen) atoms. The number of nitrogens with zero attached hydrogens (tertiary/aromatic N) is 1. The van der Waals surface area contributed by atoms with Gasteiger partial charge in [-0.3, -0.25) is 4.79 Å². The third-order valence-corrected chi connectivity index (χ3v) is 2.69. The van der Waals surface area contributed by atoms with Crippen LogP contribution in [0.1, 0.15) is 41.9 Å². The van der Waals surface area contributed by atoms with Crippen LogP contribution in [0.2, 0.25) is 0 Å². The van der Waals surface area contributed by atoms with Gasteiger partial charge < -0.3 is 5.73 Å². The van der Waals surface area contributed by atoms with E-state index in [1.807, 2.05) is 6.08 Å². The van der Waals surface area contributed by atoms with Crippen molar-refractivity contribution in [1.82, 2.24) is 4.98 Å².